The van der Waals surface area contributed by atoms with Gasteiger partial charge in [-0.25, -0.2) is 0 Å². The minimum atomic E-state index is -0.328. The van der Waals surface area contributed by atoms with E-state index in [1.165, 1.54) is 0 Å². The normalized spacial score (nSPS) is 22.8. The molecule has 0 amide bonds. The summed E-state index contributed by atoms with van der Waals surface area (Å²) in [7, 11) is 0. The Labute approximate surface area is 136 Å². The molecule has 1 fully saturated rings. The van der Waals surface area contributed by atoms with E-state index in [4.69, 9.17) is 4.52 Å². The van der Waals surface area contributed by atoms with Crippen LogP contribution in [0, 0.1) is 12.8 Å². The first-order valence-corrected chi connectivity index (χ1v) is 8.18. The second kappa shape index (κ2) is 6.09. The maximum Gasteiger partial charge on any atom is 0.137 e. The highest BCUT2D eigenvalue weighted by Gasteiger charge is 2.32. The third-order valence-electron chi connectivity index (χ3n) is 4.42. The van der Waals surface area contributed by atoms with Gasteiger partial charge in [0.05, 0.1) is 17.5 Å². The number of β-amino-alcohol motifs (C(OH)–C–C–N with tert-alkyl or cyclic N) is 1. The van der Waals surface area contributed by atoms with Gasteiger partial charge in [-0.3, -0.25) is 10.00 Å². The lowest BCUT2D eigenvalue weighted by atomic mass is 9.92. The van der Waals surface area contributed by atoms with Gasteiger partial charge in [0.2, 0.25) is 0 Å². The standard InChI is InChI=1S/C17H26N4O2/c1-11-5-14(23-20-11)6-12-8-21(10-15(12)22)9-13-7-16(19-18-13)17(2,3)4/h5,7,12,15,22H,6,8-10H2,1-4H3,(H,18,19)/t12-,15-/m1/s1. The average Bonchev–Trinajstić information content (AvgIpc) is 3.13. The van der Waals surface area contributed by atoms with Crippen LogP contribution in [0.15, 0.2) is 16.7 Å². The fraction of sp³-hybridized carbons (Fsp3) is 0.647. The molecule has 23 heavy (non-hydrogen) atoms. The van der Waals surface area contributed by atoms with Crippen molar-refractivity contribution in [2.45, 2.75) is 52.2 Å². The van der Waals surface area contributed by atoms with E-state index in [1.807, 2.05) is 13.0 Å². The van der Waals surface area contributed by atoms with Crippen LogP contribution in [-0.4, -0.2) is 44.6 Å². The number of likely N-dealkylation sites (tertiary alicyclic amines) is 1. The lowest BCUT2D eigenvalue weighted by molar-refractivity contribution is 0.137. The Morgan fingerprint density at radius 1 is 1.35 bits per heavy atom. The molecule has 0 bridgehead atoms. The Bertz CT molecular complexity index is 656. The SMILES string of the molecule is Cc1cc(C[C@@H]2CN(Cc3cc(C(C)(C)C)n[nH]3)C[C@H]2O)on1. The van der Waals surface area contributed by atoms with Crippen molar-refractivity contribution in [3.8, 4) is 0 Å². The molecular formula is C17H26N4O2. The molecule has 2 aromatic rings. The molecule has 0 spiro atoms. The Balaban J connectivity index is 1.59. The minimum Gasteiger partial charge on any atom is -0.391 e. The van der Waals surface area contributed by atoms with Crippen molar-refractivity contribution in [3.05, 3.63) is 35.0 Å². The van der Waals surface area contributed by atoms with Crippen LogP contribution in [0.25, 0.3) is 0 Å². The number of H-pyrrole nitrogens is 1. The second-order valence-corrected chi connectivity index (χ2v) is 7.69. The lowest BCUT2D eigenvalue weighted by Gasteiger charge is -2.15. The van der Waals surface area contributed by atoms with Crippen molar-refractivity contribution in [2.75, 3.05) is 13.1 Å². The largest absolute Gasteiger partial charge is 0.391 e. The summed E-state index contributed by atoms with van der Waals surface area (Å²) in [5.41, 5.74) is 3.10. The molecule has 3 rings (SSSR count). The molecule has 0 aromatic carbocycles. The fourth-order valence-electron chi connectivity index (χ4n) is 3.11. The second-order valence-electron chi connectivity index (χ2n) is 7.69. The number of hydrogen-bond donors (Lipinski definition) is 2. The highest BCUT2D eigenvalue weighted by atomic mass is 16.5. The fourth-order valence-corrected chi connectivity index (χ4v) is 3.11. The van der Waals surface area contributed by atoms with Crippen molar-refractivity contribution in [3.63, 3.8) is 0 Å². The summed E-state index contributed by atoms with van der Waals surface area (Å²) in [4.78, 5) is 2.26. The first-order chi connectivity index (χ1) is 10.8. The maximum absolute atomic E-state index is 10.3. The molecule has 6 nitrogen and oxygen atoms in total. The molecule has 0 aliphatic carbocycles. The van der Waals surface area contributed by atoms with Crippen LogP contribution in [0.2, 0.25) is 0 Å². The van der Waals surface area contributed by atoms with Gasteiger partial charge in [-0.2, -0.15) is 5.10 Å². The Kier molecular flexibility index (Phi) is 4.29. The van der Waals surface area contributed by atoms with Gasteiger partial charge in [0, 0.05) is 49.1 Å². The van der Waals surface area contributed by atoms with E-state index < -0.39 is 0 Å². The first-order valence-electron chi connectivity index (χ1n) is 8.18. The van der Waals surface area contributed by atoms with Crippen molar-refractivity contribution < 1.29 is 9.63 Å². The van der Waals surface area contributed by atoms with Gasteiger partial charge in [-0.05, 0) is 13.0 Å². The molecule has 0 saturated carbocycles. The Morgan fingerprint density at radius 3 is 2.74 bits per heavy atom. The monoisotopic (exact) mass is 318 g/mol. The number of nitrogens with one attached hydrogen (secondary N) is 1. The Morgan fingerprint density at radius 2 is 2.13 bits per heavy atom. The molecule has 1 aliphatic heterocycles. The molecule has 1 saturated heterocycles. The van der Waals surface area contributed by atoms with Crippen LogP contribution < -0.4 is 0 Å². The molecule has 126 valence electrons. The molecule has 0 unspecified atom stereocenters. The first kappa shape index (κ1) is 16.2. The van der Waals surface area contributed by atoms with E-state index in [-0.39, 0.29) is 17.4 Å². The number of aliphatic hydroxyl groups is 1. The van der Waals surface area contributed by atoms with Crippen molar-refractivity contribution in [1.82, 2.24) is 20.3 Å². The van der Waals surface area contributed by atoms with Crippen LogP contribution in [0.4, 0.5) is 0 Å². The van der Waals surface area contributed by atoms with Gasteiger partial charge in [0.15, 0.2) is 0 Å². The predicted molar refractivity (Wildman–Crippen MR) is 87.0 cm³/mol. The highest BCUT2D eigenvalue weighted by Crippen LogP contribution is 2.25. The predicted octanol–water partition coefficient (Wildman–Crippen LogP) is 2.04. The maximum atomic E-state index is 10.3. The third kappa shape index (κ3) is 3.82. The van der Waals surface area contributed by atoms with Crippen LogP contribution in [0.3, 0.4) is 0 Å². The van der Waals surface area contributed by atoms with Gasteiger partial charge in [0.25, 0.3) is 0 Å². The molecule has 3 heterocycles. The van der Waals surface area contributed by atoms with E-state index in [0.717, 1.165) is 42.4 Å². The summed E-state index contributed by atoms with van der Waals surface area (Å²) < 4.78 is 5.27. The van der Waals surface area contributed by atoms with E-state index in [1.54, 1.807) is 0 Å². The summed E-state index contributed by atoms with van der Waals surface area (Å²) in [6, 6.07) is 4.07. The van der Waals surface area contributed by atoms with Crippen molar-refractivity contribution in [1.29, 1.82) is 0 Å². The number of aryl methyl sites for hydroxylation is 1. The molecule has 2 N–H and O–H groups in total. The number of aliphatic hydroxyl groups excluding tert-OH is 1. The van der Waals surface area contributed by atoms with Gasteiger partial charge in [-0.1, -0.05) is 25.9 Å². The van der Waals surface area contributed by atoms with Gasteiger partial charge in [-0.15, -0.1) is 0 Å². The Hall–Kier alpha value is -1.66. The minimum absolute atomic E-state index is 0.0476. The molecule has 0 radical (unpaired) electrons. The summed E-state index contributed by atoms with van der Waals surface area (Å²) >= 11 is 0. The van der Waals surface area contributed by atoms with Crippen LogP contribution in [-0.2, 0) is 18.4 Å². The summed E-state index contributed by atoms with van der Waals surface area (Å²) in [5.74, 6) is 1.04. The molecule has 1 aliphatic rings. The van der Waals surface area contributed by atoms with E-state index in [2.05, 4.69) is 47.1 Å². The zero-order valence-corrected chi connectivity index (χ0v) is 14.3. The number of aromatic amines is 1. The number of hydrogen-bond acceptors (Lipinski definition) is 5. The van der Waals surface area contributed by atoms with Gasteiger partial charge >= 0.3 is 0 Å². The van der Waals surface area contributed by atoms with Crippen LogP contribution in [0.1, 0.15) is 43.6 Å². The molecule has 6 heteroatoms. The summed E-state index contributed by atoms with van der Waals surface area (Å²) in [6.45, 7) is 10.7. The van der Waals surface area contributed by atoms with Crippen LogP contribution >= 0.6 is 0 Å². The highest BCUT2D eigenvalue weighted by molar-refractivity contribution is 5.16. The molecular weight excluding hydrogens is 292 g/mol. The summed E-state index contributed by atoms with van der Waals surface area (Å²) in [5, 5.41) is 21.7. The average molecular weight is 318 g/mol. The van der Waals surface area contributed by atoms with Crippen molar-refractivity contribution in [2.24, 2.45) is 5.92 Å². The van der Waals surface area contributed by atoms with E-state index in [9.17, 15) is 5.11 Å². The smallest absolute Gasteiger partial charge is 0.137 e. The zero-order chi connectivity index (χ0) is 16.6. The number of aromatic nitrogens is 3. The quantitative estimate of drug-likeness (QED) is 0.902. The number of nitrogens with zero attached hydrogens (tertiary/aromatic N) is 3. The topological polar surface area (TPSA) is 78.2 Å². The summed E-state index contributed by atoms with van der Waals surface area (Å²) in [6.07, 6.45) is 0.403. The molecule has 2 aromatic heterocycles. The van der Waals surface area contributed by atoms with E-state index in [0.29, 0.717) is 6.54 Å². The van der Waals surface area contributed by atoms with Gasteiger partial charge in [0.1, 0.15) is 5.76 Å². The number of rotatable bonds is 4. The van der Waals surface area contributed by atoms with E-state index >= 15 is 0 Å². The third-order valence-corrected chi connectivity index (χ3v) is 4.42. The lowest BCUT2D eigenvalue weighted by Crippen LogP contribution is -2.21. The van der Waals surface area contributed by atoms with Gasteiger partial charge < -0.3 is 9.63 Å². The zero-order valence-electron chi connectivity index (χ0n) is 14.3. The van der Waals surface area contributed by atoms with Crippen LogP contribution in [0.5, 0.6) is 0 Å². The van der Waals surface area contributed by atoms with Crippen molar-refractivity contribution >= 4 is 0 Å². The molecule has 2 atom stereocenters.